The van der Waals surface area contributed by atoms with Gasteiger partial charge in [-0.05, 0) is 56.9 Å². The number of nitrogens with one attached hydrogen (secondary N) is 1. The standard InChI is InChI=1S/C24H28N4O4S/c1-15-7-10-21(17(3)12-15)26-24(29)20-6-5-11-28(14-20)33(30,31)22-13-19(9-8-16(22)2)23-25-18(4)32-27-23/h7-10,12-13,20H,5-6,11,14H2,1-4H3,(H,26,29)/t20-/m0/s1. The van der Waals surface area contributed by atoms with Crippen molar-refractivity contribution in [2.45, 2.75) is 45.4 Å². The number of aromatic nitrogens is 2. The smallest absolute Gasteiger partial charge is 0.243 e. The average molecular weight is 469 g/mol. The molecule has 0 radical (unpaired) electrons. The molecule has 1 aliphatic rings. The molecule has 1 fully saturated rings. The molecular formula is C24H28N4O4S. The largest absolute Gasteiger partial charge is 0.339 e. The number of benzene rings is 2. The van der Waals surface area contributed by atoms with Crippen LogP contribution in [0.25, 0.3) is 11.4 Å². The van der Waals surface area contributed by atoms with Crippen molar-refractivity contribution in [2.75, 3.05) is 18.4 Å². The number of hydrogen-bond acceptors (Lipinski definition) is 6. The van der Waals surface area contributed by atoms with Crippen LogP contribution in [-0.4, -0.2) is 41.9 Å². The van der Waals surface area contributed by atoms with E-state index in [1.54, 1.807) is 32.0 Å². The van der Waals surface area contributed by atoms with E-state index in [2.05, 4.69) is 15.5 Å². The van der Waals surface area contributed by atoms with Crippen molar-refractivity contribution in [2.24, 2.45) is 5.92 Å². The van der Waals surface area contributed by atoms with E-state index in [0.717, 1.165) is 16.8 Å². The van der Waals surface area contributed by atoms with Crippen LogP contribution in [0.5, 0.6) is 0 Å². The molecule has 174 valence electrons. The van der Waals surface area contributed by atoms with Gasteiger partial charge in [-0.1, -0.05) is 35.0 Å². The van der Waals surface area contributed by atoms with Gasteiger partial charge in [0.15, 0.2) is 0 Å². The summed E-state index contributed by atoms with van der Waals surface area (Å²) in [6.45, 7) is 7.90. The van der Waals surface area contributed by atoms with Crippen molar-refractivity contribution < 1.29 is 17.7 Å². The number of sulfonamides is 1. The number of hydrogen-bond donors (Lipinski definition) is 1. The Hall–Kier alpha value is -3.04. The molecular weight excluding hydrogens is 440 g/mol. The molecule has 1 aromatic heterocycles. The number of carbonyl (C=O) groups excluding carboxylic acids is 1. The highest BCUT2D eigenvalue weighted by atomic mass is 32.2. The fourth-order valence-corrected chi connectivity index (χ4v) is 5.91. The first-order chi connectivity index (χ1) is 15.6. The van der Waals surface area contributed by atoms with Crippen LogP contribution in [0.1, 0.15) is 35.4 Å². The molecule has 0 spiro atoms. The summed E-state index contributed by atoms with van der Waals surface area (Å²) < 4.78 is 33.5. The molecule has 2 heterocycles. The number of nitrogens with zero attached hydrogens (tertiary/aromatic N) is 3. The van der Waals surface area contributed by atoms with Gasteiger partial charge in [0.2, 0.25) is 27.6 Å². The lowest BCUT2D eigenvalue weighted by molar-refractivity contribution is -0.120. The Balaban J connectivity index is 1.55. The second-order valence-corrected chi connectivity index (χ2v) is 10.5. The van der Waals surface area contributed by atoms with Crippen molar-refractivity contribution in [3.05, 3.63) is 59.0 Å². The van der Waals surface area contributed by atoms with Crippen LogP contribution < -0.4 is 5.32 Å². The summed E-state index contributed by atoms with van der Waals surface area (Å²) >= 11 is 0. The quantitative estimate of drug-likeness (QED) is 0.607. The van der Waals surface area contributed by atoms with Crippen LogP contribution in [0.4, 0.5) is 5.69 Å². The Morgan fingerprint density at radius 3 is 2.58 bits per heavy atom. The molecule has 0 saturated carbocycles. The van der Waals surface area contributed by atoms with Gasteiger partial charge < -0.3 is 9.84 Å². The Morgan fingerprint density at radius 1 is 1.09 bits per heavy atom. The average Bonchev–Trinajstić information content (AvgIpc) is 3.22. The molecule has 1 amide bonds. The van der Waals surface area contributed by atoms with E-state index in [9.17, 15) is 13.2 Å². The third-order valence-electron chi connectivity index (χ3n) is 5.99. The first-order valence-electron chi connectivity index (χ1n) is 10.9. The van der Waals surface area contributed by atoms with Crippen LogP contribution in [0.3, 0.4) is 0 Å². The van der Waals surface area contributed by atoms with Gasteiger partial charge in [0.1, 0.15) is 0 Å². The molecule has 3 aromatic rings. The summed E-state index contributed by atoms with van der Waals surface area (Å²) in [6, 6.07) is 10.9. The number of rotatable bonds is 5. The SMILES string of the molecule is Cc1ccc(NC(=O)[C@H]2CCCN(S(=O)(=O)c3cc(-c4noc(C)n4)ccc3C)C2)c(C)c1. The van der Waals surface area contributed by atoms with E-state index >= 15 is 0 Å². The monoisotopic (exact) mass is 468 g/mol. The number of amides is 1. The van der Waals surface area contributed by atoms with Crippen molar-refractivity contribution in [3.8, 4) is 11.4 Å². The van der Waals surface area contributed by atoms with E-state index in [-0.39, 0.29) is 17.3 Å². The third-order valence-corrected chi connectivity index (χ3v) is 7.99. The highest BCUT2D eigenvalue weighted by Crippen LogP contribution is 2.29. The van der Waals surface area contributed by atoms with Gasteiger partial charge in [0, 0.05) is 31.3 Å². The summed E-state index contributed by atoms with van der Waals surface area (Å²) in [5, 5.41) is 6.87. The molecule has 33 heavy (non-hydrogen) atoms. The lowest BCUT2D eigenvalue weighted by Crippen LogP contribution is -2.43. The lowest BCUT2D eigenvalue weighted by atomic mass is 9.98. The van der Waals surface area contributed by atoms with Crippen molar-refractivity contribution in [1.29, 1.82) is 0 Å². The molecule has 9 heteroatoms. The minimum Gasteiger partial charge on any atom is -0.339 e. The van der Waals surface area contributed by atoms with Gasteiger partial charge in [-0.2, -0.15) is 9.29 Å². The van der Waals surface area contributed by atoms with Crippen LogP contribution in [-0.2, 0) is 14.8 Å². The maximum atomic E-state index is 13.5. The molecule has 0 bridgehead atoms. The molecule has 0 unspecified atom stereocenters. The second kappa shape index (κ2) is 9.07. The third kappa shape index (κ3) is 4.84. The molecule has 2 aromatic carbocycles. The van der Waals surface area contributed by atoms with Gasteiger partial charge in [0.05, 0.1) is 10.8 Å². The summed E-state index contributed by atoms with van der Waals surface area (Å²) in [4.78, 5) is 17.3. The second-order valence-electron chi connectivity index (χ2n) is 8.63. The fraction of sp³-hybridized carbons (Fsp3) is 0.375. The zero-order chi connectivity index (χ0) is 23.8. The summed E-state index contributed by atoms with van der Waals surface area (Å²) in [5.74, 6) is 0.171. The Bertz CT molecular complexity index is 1300. The molecule has 1 saturated heterocycles. The van der Waals surface area contributed by atoms with E-state index < -0.39 is 15.9 Å². The minimum absolute atomic E-state index is 0.143. The van der Waals surface area contributed by atoms with Crippen molar-refractivity contribution >= 4 is 21.6 Å². The molecule has 8 nitrogen and oxygen atoms in total. The topological polar surface area (TPSA) is 105 Å². The van der Waals surface area contributed by atoms with Crippen molar-refractivity contribution in [3.63, 3.8) is 0 Å². The predicted octanol–water partition coefficient (Wildman–Crippen LogP) is 4.01. The van der Waals surface area contributed by atoms with E-state index in [1.165, 1.54) is 4.31 Å². The zero-order valence-electron chi connectivity index (χ0n) is 19.3. The van der Waals surface area contributed by atoms with Crippen LogP contribution in [0.15, 0.2) is 45.8 Å². The number of anilines is 1. The van der Waals surface area contributed by atoms with Crippen LogP contribution >= 0.6 is 0 Å². The van der Waals surface area contributed by atoms with E-state index in [0.29, 0.717) is 42.2 Å². The molecule has 1 N–H and O–H groups in total. The first-order valence-corrected chi connectivity index (χ1v) is 12.4. The zero-order valence-corrected chi connectivity index (χ0v) is 20.1. The summed E-state index contributed by atoms with van der Waals surface area (Å²) in [6.07, 6.45) is 1.26. The highest BCUT2D eigenvalue weighted by molar-refractivity contribution is 7.89. The van der Waals surface area contributed by atoms with Gasteiger partial charge in [-0.25, -0.2) is 8.42 Å². The Labute approximate surface area is 194 Å². The normalized spacial score (nSPS) is 17.2. The number of aryl methyl sites for hydroxylation is 4. The summed E-state index contributed by atoms with van der Waals surface area (Å²) in [7, 11) is -3.80. The van der Waals surface area contributed by atoms with Gasteiger partial charge in [0.25, 0.3) is 0 Å². The van der Waals surface area contributed by atoms with Gasteiger partial charge >= 0.3 is 0 Å². The number of carbonyl (C=O) groups is 1. The van der Waals surface area contributed by atoms with Gasteiger partial charge in [-0.3, -0.25) is 4.79 Å². The van der Waals surface area contributed by atoms with Crippen LogP contribution in [0, 0.1) is 33.6 Å². The summed E-state index contributed by atoms with van der Waals surface area (Å²) in [5.41, 5.74) is 4.05. The predicted molar refractivity (Wildman–Crippen MR) is 125 cm³/mol. The molecule has 0 aliphatic carbocycles. The number of piperidine rings is 1. The highest BCUT2D eigenvalue weighted by Gasteiger charge is 2.34. The lowest BCUT2D eigenvalue weighted by Gasteiger charge is -2.31. The van der Waals surface area contributed by atoms with E-state index in [1.807, 2.05) is 32.0 Å². The van der Waals surface area contributed by atoms with E-state index in [4.69, 9.17) is 4.52 Å². The molecule has 1 atom stereocenters. The Morgan fingerprint density at radius 2 is 1.88 bits per heavy atom. The maximum absolute atomic E-state index is 13.5. The molecule has 1 aliphatic heterocycles. The fourth-order valence-electron chi connectivity index (χ4n) is 4.14. The van der Waals surface area contributed by atoms with Gasteiger partial charge in [-0.15, -0.1) is 0 Å². The molecule has 4 rings (SSSR count). The minimum atomic E-state index is -3.80. The first kappa shape index (κ1) is 23.1. The van der Waals surface area contributed by atoms with Crippen LogP contribution in [0.2, 0.25) is 0 Å². The Kier molecular flexibility index (Phi) is 6.36. The van der Waals surface area contributed by atoms with Crippen molar-refractivity contribution in [1.82, 2.24) is 14.4 Å². The maximum Gasteiger partial charge on any atom is 0.243 e.